The quantitative estimate of drug-likeness (QED) is 0.831. The first-order valence-corrected chi connectivity index (χ1v) is 9.94. The van der Waals surface area contributed by atoms with Crippen LogP contribution in [0.1, 0.15) is 42.5 Å². The van der Waals surface area contributed by atoms with E-state index in [0.717, 1.165) is 38.0 Å². The van der Waals surface area contributed by atoms with Crippen LogP contribution in [0.5, 0.6) is 5.75 Å². The lowest BCUT2D eigenvalue weighted by molar-refractivity contribution is -0.123. The third kappa shape index (κ3) is 3.64. The van der Waals surface area contributed by atoms with Gasteiger partial charge < -0.3 is 10.1 Å². The fourth-order valence-corrected chi connectivity index (χ4v) is 4.19. The zero-order chi connectivity index (χ0) is 18.8. The van der Waals surface area contributed by atoms with Crippen molar-refractivity contribution in [3.8, 4) is 5.75 Å². The van der Waals surface area contributed by atoms with Gasteiger partial charge in [0.1, 0.15) is 5.75 Å². The van der Waals surface area contributed by atoms with Crippen molar-refractivity contribution in [1.29, 1.82) is 0 Å². The molecule has 0 bridgehead atoms. The minimum atomic E-state index is 0.0243. The molecule has 1 aliphatic carbocycles. The van der Waals surface area contributed by atoms with Gasteiger partial charge in [0.25, 0.3) is 0 Å². The molecule has 4 rings (SSSR count). The van der Waals surface area contributed by atoms with E-state index >= 15 is 0 Å². The predicted molar refractivity (Wildman–Crippen MR) is 109 cm³/mol. The molecule has 0 atom stereocenters. The van der Waals surface area contributed by atoms with E-state index in [0.29, 0.717) is 6.54 Å². The maximum atomic E-state index is 12.0. The molecule has 1 heterocycles. The summed E-state index contributed by atoms with van der Waals surface area (Å²) in [6.07, 6.45) is 3.84. The van der Waals surface area contributed by atoms with Crippen molar-refractivity contribution in [2.75, 3.05) is 13.2 Å². The molecule has 0 unspecified atom stereocenters. The van der Waals surface area contributed by atoms with E-state index in [1.165, 1.54) is 33.4 Å². The molecule has 0 fully saturated rings. The van der Waals surface area contributed by atoms with Gasteiger partial charge in [-0.25, -0.2) is 0 Å². The number of hydrogen-bond donors (Lipinski definition) is 1. The Balaban J connectivity index is 1.63. The van der Waals surface area contributed by atoms with Crippen LogP contribution >= 0.6 is 0 Å². The lowest BCUT2D eigenvalue weighted by Gasteiger charge is -2.13. The van der Waals surface area contributed by atoms with Crippen LogP contribution in [-0.2, 0) is 24.1 Å². The molecule has 1 amide bonds. The highest BCUT2D eigenvalue weighted by Gasteiger charge is 2.28. The Labute approximate surface area is 161 Å². The molecule has 2 aliphatic rings. The average Bonchev–Trinajstić information content (AvgIpc) is 3.26. The van der Waals surface area contributed by atoms with E-state index < -0.39 is 0 Å². The van der Waals surface area contributed by atoms with Crippen LogP contribution in [0.4, 0.5) is 0 Å². The number of rotatable bonds is 6. The highest BCUT2D eigenvalue weighted by Crippen LogP contribution is 2.43. The van der Waals surface area contributed by atoms with Gasteiger partial charge in [0, 0.05) is 24.4 Å². The minimum absolute atomic E-state index is 0.0243. The minimum Gasteiger partial charge on any atom is -0.493 e. The number of amides is 1. The van der Waals surface area contributed by atoms with E-state index in [4.69, 9.17) is 4.74 Å². The highest BCUT2D eigenvalue weighted by molar-refractivity contribution is 5.82. The molecular weight excluding hydrogens is 334 g/mol. The number of allylic oxidation sites excluding steroid dienone is 1. The fourth-order valence-electron chi connectivity index (χ4n) is 4.19. The Hall–Kier alpha value is -2.55. The van der Waals surface area contributed by atoms with Crippen LogP contribution in [0.25, 0.3) is 5.57 Å². The normalized spacial score (nSPS) is 14.9. The van der Waals surface area contributed by atoms with Crippen molar-refractivity contribution in [3.05, 3.63) is 70.3 Å². The van der Waals surface area contributed by atoms with Gasteiger partial charge in [0.15, 0.2) is 0 Å². The monoisotopic (exact) mass is 361 g/mol. The van der Waals surface area contributed by atoms with Gasteiger partial charge in [-0.15, -0.1) is 0 Å². The van der Waals surface area contributed by atoms with Crippen LogP contribution in [0.2, 0.25) is 0 Å². The second kappa shape index (κ2) is 7.59. The van der Waals surface area contributed by atoms with Crippen molar-refractivity contribution in [3.63, 3.8) is 0 Å². The number of nitrogens with one attached hydrogen (secondary N) is 1. The molecule has 0 saturated heterocycles. The molecule has 27 heavy (non-hydrogen) atoms. The zero-order valence-electron chi connectivity index (χ0n) is 16.2. The zero-order valence-corrected chi connectivity index (χ0v) is 16.2. The van der Waals surface area contributed by atoms with E-state index in [1.807, 2.05) is 13.8 Å². The van der Waals surface area contributed by atoms with Gasteiger partial charge in [0.2, 0.25) is 5.91 Å². The Bertz CT molecular complexity index is 881. The molecule has 1 aliphatic heterocycles. The molecule has 3 heteroatoms. The molecule has 0 radical (unpaired) electrons. The first-order chi connectivity index (χ1) is 13.1. The third-order valence-electron chi connectivity index (χ3n) is 5.56. The van der Waals surface area contributed by atoms with Gasteiger partial charge in [-0.2, -0.15) is 0 Å². The predicted octanol–water partition coefficient (Wildman–Crippen LogP) is 4.34. The van der Waals surface area contributed by atoms with Crippen LogP contribution in [-0.4, -0.2) is 19.1 Å². The van der Waals surface area contributed by atoms with Crippen molar-refractivity contribution in [2.24, 2.45) is 5.92 Å². The summed E-state index contributed by atoms with van der Waals surface area (Å²) in [6, 6.07) is 15.0. The van der Waals surface area contributed by atoms with E-state index in [2.05, 4.69) is 47.8 Å². The van der Waals surface area contributed by atoms with Crippen molar-refractivity contribution >= 4 is 11.5 Å². The Morgan fingerprint density at radius 1 is 1.15 bits per heavy atom. The third-order valence-corrected chi connectivity index (χ3v) is 5.56. The second-order valence-electron chi connectivity index (χ2n) is 7.79. The van der Waals surface area contributed by atoms with Crippen molar-refractivity contribution in [1.82, 2.24) is 5.32 Å². The molecular formula is C24H27NO2. The highest BCUT2D eigenvalue weighted by atomic mass is 16.5. The molecule has 0 aromatic heterocycles. The molecule has 140 valence electrons. The first-order valence-electron chi connectivity index (χ1n) is 9.94. The summed E-state index contributed by atoms with van der Waals surface area (Å²) in [5, 5.41) is 3.09. The topological polar surface area (TPSA) is 38.3 Å². The van der Waals surface area contributed by atoms with Gasteiger partial charge >= 0.3 is 0 Å². The fraction of sp³-hybridized carbons (Fsp3) is 0.375. The van der Waals surface area contributed by atoms with Crippen LogP contribution in [0.15, 0.2) is 48.0 Å². The summed E-state index contributed by atoms with van der Waals surface area (Å²) >= 11 is 0. The summed E-state index contributed by atoms with van der Waals surface area (Å²) in [5.74, 6) is 1.19. The maximum absolute atomic E-state index is 12.0. The van der Waals surface area contributed by atoms with Crippen LogP contribution in [0.3, 0.4) is 0 Å². The van der Waals surface area contributed by atoms with Crippen molar-refractivity contribution < 1.29 is 9.53 Å². The summed E-state index contributed by atoms with van der Waals surface area (Å²) < 4.78 is 5.81. The standard InChI is InChI=1S/C24H27NO2/c1-16(2)24(26)25-12-10-20-19(14-17-6-4-3-5-7-17)15-18-8-9-22-21(23(18)20)11-13-27-22/h3-9,16H,10-15H2,1-2H3,(H,25,26). The molecule has 0 saturated carbocycles. The Morgan fingerprint density at radius 3 is 2.74 bits per heavy atom. The summed E-state index contributed by atoms with van der Waals surface area (Å²) in [7, 11) is 0. The lowest BCUT2D eigenvalue weighted by Crippen LogP contribution is -2.28. The smallest absolute Gasteiger partial charge is 0.222 e. The largest absolute Gasteiger partial charge is 0.493 e. The van der Waals surface area contributed by atoms with Gasteiger partial charge in [0.05, 0.1) is 6.61 Å². The van der Waals surface area contributed by atoms with E-state index in [9.17, 15) is 4.79 Å². The Kier molecular flexibility index (Phi) is 5.02. The number of carbonyl (C=O) groups is 1. The first kappa shape index (κ1) is 17.8. The maximum Gasteiger partial charge on any atom is 0.222 e. The summed E-state index contributed by atoms with van der Waals surface area (Å²) in [6.45, 7) is 5.33. The number of fused-ring (bicyclic) bond motifs is 3. The number of ether oxygens (including phenoxy) is 1. The molecule has 1 N–H and O–H groups in total. The van der Waals surface area contributed by atoms with Gasteiger partial charge in [-0.05, 0) is 47.6 Å². The summed E-state index contributed by atoms with van der Waals surface area (Å²) in [5.41, 5.74) is 8.42. The van der Waals surface area contributed by atoms with E-state index in [1.54, 1.807) is 0 Å². The number of hydrogen-bond acceptors (Lipinski definition) is 2. The number of benzene rings is 2. The van der Waals surface area contributed by atoms with E-state index in [-0.39, 0.29) is 11.8 Å². The number of carbonyl (C=O) groups excluding carboxylic acids is 1. The SMILES string of the molecule is CC(C)C(=O)NCCC1=C(Cc2ccccc2)Cc2ccc3c(c21)CCO3. The summed E-state index contributed by atoms with van der Waals surface area (Å²) in [4.78, 5) is 12.0. The molecule has 3 nitrogen and oxygen atoms in total. The van der Waals surface area contributed by atoms with Crippen LogP contribution < -0.4 is 10.1 Å². The van der Waals surface area contributed by atoms with Gasteiger partial charge in [-0.3, -0.25) is 4.79 Å². The Morgan fingerprint density at radius 2 is 1.96 bits per heavy atom. The average molecular weight is 361 g/mol. The molecule has 2 aromatic rings. The van der Waals surface area contributed by atoms with Crippen LogP contribution in [0, 0.1) is 5.92 Å². The van der Waals surface area contributed by atoms with Gasteiger partial charge in [-0.1, -0.05) is 55.8 Å². The molecule has 2 aromatic carbocycles. The molecule has 0 spiro atoms. The lowest BCUT2D eigenvalue weighted by atomic mass is 9.94. The van der Waals surface area contributed by atoms with Crippen molar-refractivity contribution in [2.45, 2.75) is 39.5 Å². The second-order valence-corrected chi connectivity index (χ2v) is 7.79.